The molecule has 84 valence electrons. The first-order chi connectivity index (χ1) is 6.38. The lowest BCUT2D eigenvalue weighted by Crippen LogP contribution is -2.30. The van der Waals surface area contributed by atoms with E-state index in [2.05, 4.69) is 34.6 Å². The molecule has 0 aromatic carbocycles. The zero-order chi connectivity index (χ0) is 11.4. The Morgan fingerprint density at radius 3 is 1.86 bits per heavy atom. The standard InChI is InChI=1S/C11H22.CH2O2/c1-6-11(7-8-11)10(4,5)9(2)3;2-1-3/h9H,6-8H2,1-5H3;1H,(H,2,3). The Hall–Kier alpha value is -0.530. The highest BCUT2D eigenvalue weighted by atomic mass is 16.3. The minimum Gasteiger partial charge on any atom is -0.483 e. The molecule has 1 rings (SSSR count). The van der Waals surface area contributed by atoms with Crippen LogP contribution in [0.3, 0.4) is 0 Å². The Morgan fingerprint density at radius 2 is 1.79 bits per heavy atom. The fraction of sp³-hybridized carbons (Fsp3) is 0.917. The van der Waals surface area contributed by atoms with Crippen molar-refractivity contribution in [1.82, 2.24) is 0 Å². The van der Waals surface area contributed by atoms with Crippen molar-refractivity contribution in [3.63, 3.8) is 0 Å². The predicted octanol–water partition coefficient (Wildman–Crippen LogP) is 3.56. The summed E-state index contributed by atoms with van der Waals surface area (Å²) >= 11 is 0. The Morgan fingerprint density at radius 1 is 1.43 bits per heavy atom. The van der Waals surface area contributed by atoms with Gasteiger partial charge in [-0.1, -0.05) is 34.6 Å². The van der Waals surface area contributed by atoms with Crippen molar-refractivity contribution in [2.45, 2.75) is 53.9 Å². The molecule has 0 unspecified atom stereocenters. The van der Waals surface area contributed by atoms with Crippen LogP contribution in [0.5, 0.6) is 0 Å². The van der Waals surface area contributed by atoms with Crippen molar-refractivity contribution in [3.8, 4) is 0 Å². The zero-order valence-electron chi connectivity index (χ0n) is 10.1. The van der Waals surface area contributed by atoms with Crippen LogP contribution >= 0.6 is 0 Å². The molecule has 0 bridgehead atoms. The second-order valence-electron chi connectivity index (χ2n) is 5.12. The maximum Gasteiger partial charge on any atom is 0.290 e. The summed E-state index contributed by atoms with van der Waals surface area (Å²) < 4.78 is 0. The number of carbonyl (C=O) groups is 1. The van der Waals surface area contributed by atoms with E-state index in [4.69, 9.17) is 9.90 Å². The molecule has 1 aliphatic carbocycles. The molecule has 0 radical (unpaired) electrons. The van der Waals surface area contributed by atoms with Gasteiger partial charge in [-0.05, 0) is 36.0 Å². The van der Waals surface area contributed by atoms with Crippen molar-refractivity contribution < 1.29 is 9.90 Å². The SMILES string of the molecule is CCC1(C(C)(C)C(C)C)CC1.O=CO. The summed E-state index contributed by atoms with van der Waals surface area (Å²) in [6, 6.07) is 0. The average Bonchev–Trinajstić information content (AvgIpc) is 2.85. The van der Waals surface area contributed by atoms with Crippen LogP contribution in [0.25, 0.3) is 0 Å². The molecule has 0 aromatic heterocycles. The van der Waals surface area contributed by atoms with E-state index in [1.807, 2.05) is 0 Å². The van der Waals surface area contributed by atoms with Crippen molar-refractivity contribution in [2.75, 3.05) is 0 Å². The predicted molar refractivity (Wildman–Crippen MR) is 59.3 cm³/mol. The van der Waals surface area contributed by atoms with Gasteiger partial charge in [0.1, 0.15) is 0 Å². The summed E-state index contributed by atoms with van der Waals surface area (Å²) in [4.78, 5) is 8.36. The molecular weight excluding hydrogens is 176 g/mol. The van der Waals surface area contributed by atoms with Crippen LogP contribution in [0.15, 0.2) is 0 Å². The summed E-state index contributed by atoms with van der Waals surface area (Å²) in [5, 5.41) is 6.89. The molecule has 0 saturated heterocycles. The molecule has 1 fully saturated rings. The van der Waals surface area contributed by atoms with Crippen molar-refractivity contribution >= 4 is 6.47 Å². The Balaban J connectivity index is 0.000000500. The monoisotopic (exact) mass is 200 g/mol. The lowest BCUT2D eigenvalue weighted by molar-refractivity contribution is -0.122. The van der Waals surface area contributed by atoms with Crippen LogP contribution in [0.4, 0.5) is 0 Å². The third-order valence-corrected chi connectivity index (χ3v) is 4.34. The normalized spacial score (nSPS) is 18.4. The highest BCUT2D eigenvalue weighted by molar-refractivity contribution is 5.32. The molecular formula is C12H24O2. The highest BCUT2D eigenvalue weighted by Crippen LogP contribution is 2.63. The molecule has 0 amide bonds. The smallest absolute Gasteiger partial charge is 0.290 e. The van der Waals surface area contributed by atoms with E-state index in [1.165, 1.54) is 19.3 Å². The number of hydrogen-bond acceptors (Lipinski definition) is 1. The van der Waals surface area contributed by atoms with Gasteiger partial charge < -0.3 is 5.11 Å². The van der Waals surface area contributed by atoms with Gasteiger partial charge in [-0.3, -0.25) is 4.79 Å². The summed E-state index contributed by atoms with van der Waals surface area (Å²) in [6.45, 7) is 11.7. The quantitative estimate of drug-likeness (QED) is 0.707. The average molecular weight is 200 g/mol. The van der Waals surface area contributed by atoms with Crippen LogP contribution in [0.2, 0.25) is 0 Å². The molecule has 0 aromatic rings. The van der Waals surface area contributed by atoms with E-state index < -0.39 is 0 Å². The molecule has 0 atom stereocenters. The fourth-order valence-corrected chi connectivity index (χ4v) is 2.22. The lowest BCUT2D eigenvalue weighted by atomic mass is 9.67. The Kier molecular flexibility index (Phi) is 4.63. The first-order valence-corrected chi connectivity index (χ1v) is 5.46. The lowest BCUT2D eigenvalue weighted by Gasteiger charge is -2.38. The van der Waals surface area contributed by atoms with Gasteiger partial charge in [0.25, 0.3) is 6.47 Å². The topological polar surface area (TPSA) is 37.3 Å². The molecule has 2 nitrogen and oxygen atoms in total. The molecule has 1 saturated carbocycles. The van der Waals surface area contributed by atoms with Gasteiger partial charge in [-0.2, -0.15) is 0 Å². The fourth-order valence-electron chi connectivity index (χ4n) is 2.22. The van der Waals surface area contributed by atoms with Crippen LogP contribution < -0.4 is 0 Å². The molecule has 0 spiro atoms. The van der Waals surface area contributed by atoms with Gasteiger partial charge >= 0.3 is 0 Å². The first-order valence-electron chi connectivity index (χ1n) is 5.46. The minimum absolute atomic E-state index is 0.250. The van der Waals surface area contributed by atoms with E-state index in [-0.39, 0.29) is 6.47 Å². The van der Waals surface area contributed by atoms with Crippen molar-refractivity contribution in [2.24, 2.45) is 16.7 Å². The maximum atomic E-state index is 8.36. The molecule has 2 heteroatoms. The highest BCUT2D eigenvalue weighted by Gasteiger charge is 2.53. The van der Waals surface area contributed by atoms with Crippen LogP contribution in [0, 0.1) is 16.7 Å². The third kappa shape index (κ3) is 2.49. The van der Waals surface area contributed by atoms with E-state index in [0.717, 1.165) is 5.92 Å². The second kappa shape index (κ2) is 4.81. The van der Waals surface area contributed by atoms with Crippen LogP contribution in [-0.4, -0.2) is 11.6 Å². The first kappa shape index (κ1) is 13.5. The number of carboxylic acid groups (broad SMARTS) is 1. The summed E-state index contributed by atoms with van der Waals surface area (Å²) in [5.41, 5.74) is 1.27. The summed E-state index contributed by atoms with van der Waals surface area (Å²) in [7, 11) is 0. The Bertz CT molecular complexity index is 179. The van der Waals surface area contributed by atoms with Gasteiger partial charge in [0, 0.05) is 0 Å². The van der Waals surface area contributed by atoms with E-state index >= 15 is 0 Å². The second-order valence-corrected chi connectivity index (χ2v) is 5.12. The van der Waals surface area contributed by atoms with Gasteiger partial charge in [0.05, 0.1) is 0 Å². The van der Waals surface area contributed by atoms with Gasteiger partial charge in [-0.15, -0.1) is 0 Å². The number of hydrogen-bond donors (Lipinski definition) is 1. The molecule has 1 aliphatic rings. The van der Waals surface area contributed by atoms with Gasteiger partial charge in [0.15, 0.2) is 0 Å². The largest absolute Gasteiger partial charge is 0.483 e. The molecule has 0 heterocycles. The molecule has 1 N–H and O–H groups in total. The van der Waals surface area contributed by atoms with E-state index in [0.29, 0.717) is 10.8 Å². The summed E-state index contributed by atoms with van der Waals surface area (Å²) in [5.74, 6) is 0.824. The van der Waals surface area contributed by atoms with E-state index in [1.54, 1.807) is 0 Å². The summed E-state index contributed by atoms with van der Waals surface area (Å²) in [6.07, 6.45) is 4.31. The van der Waals surface area contributed by atoms with Gasteiger partial charge in [-0.25, -0.2) is 0 Å². The third-order valence-electron chi connectivity index (χ3n) is 4.34. The van der Waals surface area contributed by atoms with Crippen molar-refractivity contribution in [1.29, 1.82) is 0 Å². The molecule has 0 aliphatic heterocycles. The zero-order valence-corrected chi connectivity index (χ0v) is 10.1. The van der Waals surface area contributed by atoms with E-state index in [9.17, 15) is 0 Å². The molecule has 14 heavy (non-hydrogen) atoms. The van der Waals surface area contributed by atoms with Crippen LogP contribution in [-0.2, 0) is 4.79 Å². The van der Waals surface area contributed by atoms with Crippen molar-refractivity contribution in [3.05, 3.63) is 0 Å². The minimum atomic E-state index is -0.250. The Labute approximate surface area is 87.7 Å². The maximum absolute atomic E-state index is 8.36. The van der Waals surface area contributed by atoms with Gasteiger partial charge in [0.2, 0.25) is 0 Å². The van der Waals surface area contributed by atoms with Crippen LogP contribution in [0.1, 0.15) is 53.9 Å². The number of rotatable bonds is 3.